The molecule has 2 amide bonds. The summed E-state index contributed by atoms with van der Waals surface area (Å²) in [6, 6.07) is 13.4. The number of urea groups is 1. The quantitative estimate of drug-likeness (QED) is 0.678. The van der Waals surface area contributed by atoms with Crippen LogP contribution >= 0.6 is 0 Å². The van der Waals surface area contributed by atoms with Crippen LogP contribution in [0.4, 0.5) is 4.79 Å². The SMILES string of the molecule is CCOc1c(OC)cccc1C1NC(=O)NC(c2ccccc2)=C1C(=O)OC(C)C. The number of para-hydroxylation sites is 1. The smallest absolute Gasteiger partial charge is 0.338 e. The molecule has 158 valence electrons. The van der Waals surface area contributed by atoms with Crippen molar-refractivity contribution >= 4 is 17.7 Å². The largest absolute Gasteiger partial charge is 0.493 e. The molecule has 30 heavy (non-hydrogen) atoms. The molecule has 7 heteroatoms. The molecular formula is C23H26N2O5. The highest BCUT2D eigenvalue weighted by Gasteiger charge is 2.36. The van der Waals surface area contributed by atoms with Gasteiger partial charge in [0.2, 0.25) is 0 Å². The predicted octanol–water partition coefficient (Wildman–Crippen LogP) is 3.81. The summed E-state index contributed by atoms with van der Waals surface area (Å²) in [5, 5.41) is 5.62. The van der Waals surface area contributed by atoms with Gasteiger partial charge >= 0.3 is 12.0 Å². The van der Waals surface area contributed by atoms with Crippen molar-refractivity contribution in [3.63, 3.8) is 0 Å². The monoisotopic (exact) mass is 410 g/mol. The Hall–Kier alpha value is -3.48. The van der Waals surface area contributed by atoms with Crippen molar-refractivity contribution in [2.75, 3.05) is 13.7 Å². The maximum Gasteiger partial charge on any atom is 0.338 e. The molecule has 0 bridgehead atoms. The van der Waals surface area contributed by atoms with Crippen LogP contribution in [0.25, 0.3) is 5.70 Å². The molecule has 0 fully saturated rings. The van der Waals surface area contributed by atoms with Crippen LogP contribution in [0.1, 0.15) is 37.9 Å². The lowest BCUT2D eigenvalue weighted by Crippen LogP contribution is -2.45. The number of hydrogen-bond acceptors (Lipinski definition) is 5. The van der Waals surface area contributed by atoms with Crippen molar-refractivity contribution in [1.29, 1.82) is 0 Å². The van der Waals surface area contributed by atoms with Gasteiger partial charge in [-0.2, -0.15) is 0 Å². The summed E-state index contributed by atoms with van der Waals surface area (Å²) in [5.41, 5.74) is 2.01. The van der Waals surface area contributed by atoms with Gasteiger partial charge in [-0.25, -0.2) is 9.59 Å². The highest BCUT2D eigenvalue weighted by Crippen LogP contribution is 2.40. The van der Waals surface area contributed by atoms with Gasteiger partial charge in [-0.3, -0.25) is 0 Å². The summed E-state index contributed by atoms with van der Waals surface area (Å²) in [4.78, 5) is 25.7. The first-order valence-electron chi connectivity index (χ1n) is 9.84. The van der Waals surface area contributed by atoms with Gasteiger partial charge in [0.05, 0.1) is 37.1 Å². The van der Waals surface area contributed by atoms with Crippen LogP contribution in [0.3, 0.4) is 0 Å². The van der Waals surface area contributed by atoms with E-state index in [0.717, 1.165) is 0 Å². The number of methoxy groups -OCH3 is 1. The number of rotatable bonds is 7. The van der Waals surface area contributed by atoms with Gasteiger partial charge in [-0.1, -0.05) is 42.5 Å². The molecule has 1 unspecified atom stereocenters. The normalized spacial score (nSPS) is 16.0. The Balaban J connectivity index is 2.24. The lowest BCUT2D eigenvalue weighted by atomic mass is 9.92. The Morgan fingerprint density at radius 2 is 1.83 bits per heavy atom. The standard InChI is InChI=1S/C23H26N2O5/c1-5-29-21-16(12-9-13-17(21)28-4)20-18(22(26)30-14(2)3)19(24-23(27)25-20)15-10-7-6-8-11-15/h6-14,20H,5H2,1-4H3,(H2,24,25,27). The van der Waals surface area contributed by atoms with Gasteiger partial charge in [-0.15, -0.1) is 0 Å². The fourth-order valence-electron chi connectivity index (χ4n) is 3.35. The van der Waals surface area contributed by atoms with Crippen LogP contribution in [0, 0.1) is 0 Å². The molecule has 0 radical (unpaired) electrons. The van der Waals surface area contributed by atoms with E-state index in [2.05, 4.69) is 10.6 Å². The second kappa shape index (κ2) is 9.35. The molecule has 0 aromatic heterocycles. The third-order valence-electron chi connectivity index (χ3n) is 4.53. The first kappa shape index (κ1) is 21.2. The molecule has 0 spiro atoms. The molecule has 1 heterocycles. The molecule has 0 saturated carbocycles. The lowest BCUT2D eigenvalue weighted by Gasteiger charge is -2.31. The van der Waals surface area contributed by atoms with Gasteiger partial charge in [0, 0.05) is 5.56 Å². The van der Waals surface area contributed by atoms with E-state index >= 15 is 0 Å². The number of carbonyl (C=O) groups excluding carboxylic acids is 2. The number of carbonyl (C=O) groups is 2. The van der Waals surface area contributed by atoms with E-state index in [1.54, 1.807) is 39.2 Å². The summed E-state index contributed by atoms with van der Waals surface area (Å²) < 4.78 is 16.8. The molecule has 3 rings (SSSR count). The van der Waals surface area contributed by atoms with Gasteiger partial charge in [0.25, 0.3) is 0 Å². The Kier molecular flexibility index (Phi) is 6.61. The number of hydrogen-bond donors (Lipinski definition) is 2. The highest BCUT2D eigenvalue weighted by molar-refractivity contribution is 6.04. The third-order valence-corrected chi connectivity index (χ3v) is 4.53. The van der Waals surface area contributed by atoms with Crippen LogP contribution in [-0.2, 0) is 9.53 Å². The average Bonchev–Trinajstić information content (AvgIpc) is 2.73. The summed E-state index contributed by atoms with van der Waals surface area (Å²) in [5.74, 6) is 0.462. The summed E-state index contributed by atoms with van der Waals surface area (Å²) in [7, 11) is 1.54. The number of benzene rings is 2. The number of nitrogens with one attached hydrogen (secondary N) is 2. The molecule has 1 atom stereocenters. The summed E-state index contributed by atoms with van der Waals surface area (Å²) >= 11 is 0. The maximum atomic E-state index is 13.2. The molecule has 2 N–H and O–H groups in total. The van der Waals surface area contributed by atoms with E-state index in [-0.39, 0.29) is 6.10 Å². The van der Waals surface area contributed by atoms with Crippen molar-refractivity contribution in [1.82, 2.24) is 10.6 Å². The second-order valence-corrected chi connectivity index (χ2v) is 6.95. The fourth-order valence-corrected chi connectivity index (χ4v) is 3.35. The van der Waals surface area contributed by atoms with Crippen LogP contribution in [0.15, 0.2) is 54.1 Å². The Morgan fingerprint density at radius 1 is 1.10 bits per heavy atom. The fraction of sp³-hybridized carbons (Fsp3) is 0.304. The molecule has 2 aromatic carbocycles. The van der Waals surface area contributed by atoms with Crippen LogP contribution in [0.5, 0.6) is 11.5 Å². The maximum absolute atomic E-state index is 13.2. The zero-order chi connectivity index (χ0) is 21.7. The molecule has 1 aliphatic heterocycles. The minimum atomic E-state index is -0.781. The Morgan fingerprint density at radius 3 is 2.47 bits per heavy atom. The van der Waals surface area contributed by atoms with E-state index < -0.39 is 18.0 Å². The summed E-state index contributed by atoms with van der Waals surface area (Å²) in [6.45, 7) is 5.81. The minimum absolute atomic E-state index is 0.295. The topological polar surface area (TPSA) is 85.9 Å². The van der Waals surface area contributed by atoms with Crippen LogP contribution in [-0.4, -0.2) is 31.8 Å². The predicted molar refractivity (Wildman–Crippen MR) is 113 cm³/mol. The van der Waals surface area contributed by atoms with Crippen molar-refractivity contribution in [2.45, 2.75) is 32.9 Å². The molecule has 0 saturated heterocycles. The minimum Gasteiger partial charge on any atom is -0.493 e. The zero-order valence-corrected chi connectivity index (χ0v) is 17.5. The van der Waals surface area contributed by atoms with Gasteiger partial charge in [-0.05, 0) is 32.4 Å². The molecule has 0 aliphatic carbocycles. The van der Waals surface area contributed by atoms with E-state index in [4.69, 9.17) is 14.2 Å². The van der Waals surface area contributed by atoms with Gasteiger partial charge < -0.3 is 24.8 Å². The van der Waals surface area contributed by atoms with E-state index in [0.29, 0.717) is 40.5 Å². The first-order chi connectivity index (χ1) is 14.5. The molecule has 7 nitrogen and oxygen atoms in total. The Bertz CT molecular complexity index is 953. The lowest BCUT2D eigenvalue weighted by molar-refractivity contribution is -0.143. The Labute approximate surface area is 176 Å². The zero-order valence-electron chi connectivity index (χ0n) is 17.5. The van der Waals surface area contributed by atoms with E-state index in [1.165, 1.54) is 0 Å². The third kappa shape index (κ3) is 4.40. The van der Waals surface area contributed by atoms with Crippen molar-refractivity contribution in [2.24, 2.45) is 0 Å². The van der Waals surface area contributed by atoms with Crippen molar-refractivity contribution in [3.05, 3.63) is 65.2 Å². The average molecular weight is 410 g/mol. The van der Waals surface area contributed by atoms with Gasteiger partial charge in [0.1, 0.15) is 0 Å². The molecular weight excluding hydrogens is 384 g/mol. The first-order valence-corrected chi connectivity index (χ1v) is 9.84. The van der Waals surface area contributed by atoms with E-state index in [1.807, 2.05) is 37.3 Å². The number of esters is 1. The van der Waals surface area contributed by atoms with Gasteiger partial charge in [0.15, 0.2) is 11.5 Å². The van der Waals surface area contributed by atoms with Crippen molar-refractivity contribution in [3.8, 4) is 11.5 Å². The van der Waals surface area contributed by atoms with Crippen molar-refractivity contribution < 1.29 is 23.8 Å². The number of amides is 2. The highest BCUT2D eigenvalue weighted by atomic mass is 16.5. The number of ether oxygens (including phenoxy) is 3. The van der Waals surface area contributed by atoms with Crippen LogP contribution < -0.4 is 20.1 Å². The van der Waals surface area contributed by atoms with Crippen LogP contribution in [0.2, 0.25) is 0 Å². The molecule has 1 aliphatic rings. The second-order valence-electron chi connectivity index (χ2n) is 6.95. The summed E-state index contributed by atoms with van der Waals surface area (Å²) in [6.07, 6.45) is -0.322. The molecule has 2 aromatic rings. The van der Waals surface area contributed by atoms with E-state index in [9.17, 15) is 9.59 Å².